The molecule has 53 heavy (non-hydrogen) atoms. The molecule has 0 bridgehead atoms. The number of ether oxygens (including phenoxy) is 1. The summed E-state index contributed by atoms with van der Waals surface area (Å²) in [6.45, 7) is 0.692. The van der Waals surface area contributed by atoms with Crippen LogP contribution in [0.2, 0.25) is 0 Å². The Kier molecular flexibility index (Phi) is 5.58. The second kappa shape index (κ2) is 10.4. The highest BCUT2D eigenvalue weighted by Gasteiger charge is 2.27. The Labute approximate surface area is 301 Å². The van der Waals surface area contributed by atoms with Crippen LogP contribution in [0.1, 0.15) is 0 Å². The zero-order chi connectivity index (χ0) is 34.8. The molecule has 9 nitrogen and oxygen atoms in total. The van der Waals surface area contributed by atoms with Crippen molar-refractivity contribution in [3.8, 4) is 17.3 Å². The summed E-state index contributed by atoms with van der Waals surface area (Å²) in [5, 5.41) is 3.97. The van der Waals surface area contributed by atoms with Crippen LogP contribution in [0.5, 0.6) is 11.5 Å². The molecular weight excluding hydrogens is 661 g/mol. The molecule has 0 aliphatic carbocycles. The number of rotatable bonds is 4. The number of nitrogens with zero attached hydrogens (tertiary/aromatic N) is 6. The molecule has 0 unspecified atom stereocenters. The maximum Gasteiger partial charge on any atom is 0.221 e. The van der Waals surface area contributed by atoms with Crippen molar-refractivity contribution < 1.29 is 13.6 Å². The second-order valence-corrected chi connectivity index (χ2v) is 13.6. The molecule has 6 aromatic carbocycles. The van der Waals surface area contributed by atoms with E-state index in [4.69, 9.17) is 23.5 Å². The molecule has 0 amide bonds. The summed E-state index contributed by atoms with van der Waals surface area (Å²) in [6, 6.07) is 45.3. The predicted molar refractivity (Wildman–Crippen MR) is 210 cm³/mol. The van der Waals surface area contributed by atoms with Gasteiger partial charge in [-0.3, -0.25) is 8.97 Å². The normalized spacial score (nSPS) is 13.2. The summed E-state index contributed by atoms with van der Waals surface area (Å²) in [7, 11) is 2.12. The number of para-hydroxylation sites is 5. The first-order chi connectivity index (χ1) is 26.2. The summed E-state index contributed by atoms with van der Waals surface area (Å²) >= 11 is 0. The Balaban J connectivity index is 1.10. The topological polar surface area (TPSA) is 77.1 Å². The van der Waals surface area contributed by atoms with E-state index in [-0.39, 0.29) is 0 Å². The SMILES string of the molecule is CN1CN(c2cc(Oc3ccc4c(c3)n(-c3ccccn3)c3nc5ccccc5n43)c3oc4ccc5c6ccccc6oc5c4c3c2)c2ccccc21. The van der Waals surface area contributed by atoms with Crippen LogP contribution in [0.25, 0.3) is 77.5 Å². The van der Waals surface area contributed by atoms with Crippen LogP contribution >= 0.6 is 0 Å². The molecule has 11 aromatic rings. The lowest BCUT2D eigenvalue weighted by atomic mass is 10.1. The fourth-order valence-electron chi connectivity index (χ4n) is 8.21. The van der Waals surface area contributed by atoms with Crippen LogP contribution in [-0.2, 0) is 0 Å². The summed E-state index contributed by atoms with van der Waals surface area (Å²) in [6.07, 6.45) is 1.80. The second-order valence-electron chi connectivity index (χ2n) is 13.6. The quantitative estimate of drug-likeness (QED) is 0.182. The van der Waals surface area contributed by atoms with Gasteiger partial charge in [-0.15, -0.1) is 0 Å². The zero-order valence-corrected chi connectivity index (χ0v) is 28.4. The van der Waals surface area contributed by atoms with E-state index in [2.05, 4.69) is 92.5 Å². The van der Waals surface area contributed by atoms with Gasteiger partial charge in [0.25, 0.3) is 0 Å². The van der Waals surface area contributed by atoms with Crippen LogP contribution in [0, 0.1) is 0 Å². The van der Waals surface area contributed by atoms with Gasteiger partial charge >= 0.3 is 0 Å². The molecule has 0 fully saturated rings. The van der Waals surface area contributed by atoms with Gasteiger partial charge in [-0.05, 0) is 72.8 Å². The number of pyridine rings is 1. The molecule has 6 heterocycles. The van der Waals surface area contributed by atoms with Crippen LogP contribution in [0.4, 0.5) is 17.1 Å². The minimum Gasteiger partial charge on any atom is -0.455 e. The molecule has 0 atom stereocenters. The molecule has 0 spiro atoms. The van der Waals surface area contributed by atoms with Crippen LogP contribution in [0.3, 0.4) is 0 Å². The first kappa shape index (κ1) is 28.4. The lowest BCUT2D eigenvalue weighted by molar-refractivity contribution is 0.477. The lowest BCUT2D eigenvalue weighted by Gasteiger charge is -2.20. The maximum absolute atomic E-state index is 6.94. The molecular formula is C44H28N6O3. The van der Waals surface area contributed by atoms with Crippen molar-refractivity contribution in [3.05, 3.63) is 140 Å². The highest BCUT2D eigenvalue weighted by molar-refractivity contribution is 6.23. The van der Waals surface area contributed by atoms with E-state index in [9.17, 15) is 0 Å². The summed E-state index contributed by atoms with van der Waals surface area (Å²) < 4.78 is 24.4. The first-order valence-electron chi connectivity index (χ1n) is 17.6. The van der Waals surface area contributed by atoms with E-state index in [1.54, 1.807) is 6.20 Å². The standard InChI is InChI=1S/C44H28N6O3/c1-47-25-48(34-14-6-5-13-33(34)47)26-22-30-41-38(20-18-29-28-10-2-7-15-37(28)52-43(29)41)53-42(30)39(23-26)51-27-17-19-35-36(24-27)50(40-16-8-9-21-45-40)44-46-31-11-3-4-12-32(31)49(35)44/h2-24H,25H2,1H3. The van der Waals surface area contributed by atoms with Gasteiger partial charge in [0.15, 0.2) is 11.3 Å². The number of fused-ring (bicyclic) bond motifs is 13. The third-order valence-electron chi connectivity index (χ3n) is 10.6. The van der Waals surface area contributed by atoms with Gasteiger partial charge in [0.2, 0.25) is 5.78 Å². The molecule has 252 valence electrons. The third-order valence-corrected chi connectivity index (χ3v) is 10.6. The largest absolute Gasteiger partial charge is 0.455 e. The Hall–Kier alpha value is -7.26. The molecule has 1 aliphatic heterocycles. The minimum absolute atomic E-state index is 0.607. The Morgan fingerprint density at radius 3 is 2.40 bits per heavy atom. The molecule has 5 aromatic heterocycles. The predicted octanol–water partition coefficient (Wildman–Crippen LogP) is 11.0. The molecule has 1 aliphatic rings. The fourth-order valence-corrected chi connectivity index (χ4v) is 8.21. The van der Waals surface area contributed by atoms with Gasteiger partial charge in [-0.25, -0.2) is 9.97 Å². The number of furan rings is 2. The minimum atomic E-state index is 0.607. The Bertz CT molecular complexity index is 3280. The molecule has 0 saturated carbocycles. The zero-order valence-electron chi connectivity index (χ0n) is 28.4. The number of aromatic nitrogens is 4. The number of benzene rings is 6. The van der Waals surface area contributed by atoms with E-state index in [0.717, 1.165) is 83.3 Å². The lowest BCUT2D eigenvalue weighted by Crippen LogP contribution is -2.23. The van der Waals surface area contributed by atoms with Crippen molar-refractivity contribution in [1.29, 1.82) is 0 Å². The number of anilines is 3. The number of hydrogen-bond acceptors (Lipinski definition) is 7. The third kappa shape index (κ3) is 3.96. The summed E-state index contributed by atoms with van der Waals surface area (Å²) in [5.41, 5.74) is 10.2. The fraction of sp³-hybridized carbons (Fsp3) is 0.0455. The average molecular weight is 689 g/mol. The van der Waals surface area contributed by atoms with Crippen LogP contribution in [-0.4, -0.2) is 32.7 Å². The van der Waals surface area contributed by atoms with Crippen molar-refractivity contribution in [3.63, 3.8) is 0 Å². The van der Waals surface area contributed by atoms with E-state index >= 15 is 0 Å². The van der Waals surface area contributed by atoms with Crippen molar-refractivity contribution in [2.75, 3.05) is 23.5 Å². The molecule has 9 heteroatoms. The molecule has 0 radical (unpaired) electrons. The van der Waals surface area contributed by atoms with Gasteiger partial charge in [0.05, 0.1) is 45.5 Å². The van der Waals surface area contributed by atoms with Gasteiger partial charge in [-0.2, -0.15) is 0 Å². The van der Waals surface area contributed by atoms with Crippen LogP contribution in [0.15, 0.2) is 148 Å². The van der Waals surface area contributed by atoms with E-state index in [1.807, 2.05) is 66.7 Å². The maximum atomic E-state index is 6.94. The van der Waals surface area contributed by atoms with Crippen LogP contribution < -0.4 is 14.5 Å². The molecule has 12 rings (SSSR count). The Morgan fingerprint density at radius 1 is 0.642 bits per heavy atom. The number of hydrogen-bond donors (Lipinski definition) is 0. The van der Waals surface area contributed by atoms with E-state index in [0.29, 0.717) is 23.8 Å². The first-order valence-corrected chi connectivity index (χ1v) is 17.6. The van der Waals surface area contributed by atoms with Gasteiger partial charge in [0.1, 0.15) is 28.3 Å². The summed E-state index contributed by atoms with van der Waals surface area (Å²) in [5.74, 6) is 2.82. The monoisotopic (exact) mass is 688 g/mol. The molecule has 0 N–H and O–H groups in total. The van der Waals surface area contributed by atoms with E-state index < -0.39 is 0 Å². The average Bonchev–Trinajstić information content (AvgIpc) is 4.00. The highest BCUT2D eigenvalue weighted by Crippen LogP contribution is 2.47. The smallest absolute Gasteiger partial charge is 0.221 e. The van der Waals surface area contributed by atoms with Gasteiger partial charge < -0.3 is 23.4 Å². The van der Waals surface area contributed by atoms with Gasteiger partial charge in [0, 0.05) is 47.2 Å². The van der Waals surface area contributed by atoms with Crippen molar-refractivity contribution in [2.45, 2.75) is 0 Å². The molecule has 0 saturated heterocycles. The van der Waals surface area contributed by atoms with Crippen molar-refractivity contribution in [1.82, 2.24) is 18.9 Å². The Morgan fingerprint density at radius 2 is 1.47 bits per heavy atom. The number of imidazole rings is 2. The van der Waals surface area contributed by atoms with Crippen molar-refractivity contribution >= 4 is 88.8 Å². The summed E-state index contributed by atoms with van der Waals surface area (Å²) in [4.78, 5) is 14.3. The van der Waals surface area contributed by atoms with Crippen molar-refractivity contribution in [2.24, 2.45) is 0 Å². The highest BCUT2D eigenvalue weighted by atomic mass is 16.5. The van der Waals surface area contributed by atoms with E-state index in [1.165, 1.54) is 5.69 Å². The van der Waals surface area contributed by atoms with Gasteiger partial charge in [-0.1, -0.05) is 48.5 Å².